The van der Waals surface area contributed by atoms with Crippen molar-refractivity contribution in [2.24, 2.45) is 0 Å². The number of halogens is 3. The minimum absolute atomic E-state index is 0.00480. The van der Waals surface area contributed by atoms with Crippen molar-refractivity contribution in [1.82, 2.24) is 9.88 Å². The van der Waals surface area contributed by atoms with E-state index >= 15 is 0 Å². The molecule has 0 saturated carbocycles. The Morgan fingerprint density at radius 3 is 2.72 bits per heavy atom. The van der Waals surface area contributed by atoms with E-state index < -0.39 is 36.5 Å². The molecule has 0 radical (unpaired) electrons. The highest BCUT2D eigenvalue weighted by Gasteiger charge is 2.25. The summed E-state index contributed by atoms with van der Waals surface area (Å²) in [6.45, 7) is -0.824. The minimum atomic E-state index is -1.15. The van der Waals surface area contributed by atoms with E-state index in [1.807, 2.05) is 0 Å². The number of benzene rings is 2. The molecule has 0 aliphatic heterocycles. The molecule has 0 fully saturated rings. The van der Waals surface area contributed by atoms with Gasteiger partial charge in [-0.05, 0) is 54.1 Å². The van der Waals surface area contributed by atoms with Crippen LogP contribution >= 0.6 is 11.6 Å². The standard InChI is InChI=1S/C25H26ClF2N3O5/c1-31(23(34)8-6-15-3-2-4-21(28)24(15)26)19(11-20(33)13-32)14-36-25(35)30-22-10-17-9-18(27)7-5-16(17)12-29-22/h2-5,7,9-10,12,19-20,32-33H,6,8,11,13-14H2,1H3,(H,29,30,35)/t19-,20+/m1/s1. The lowest BCUT2D eigenvalue weighted by atomic mass is 10.1. The number of aryl methyl sites for hydroxylation is 1. The highest BCUT2D eigenvalue weighted by Crippen LogP contribution is 2.22. The summed E-state index contributed by atoms with van der Waals surface area (Å²) in [4.78, 5) is 30.5. The lowest BCUT2D eigenvalue weighted by molar-refractivity contribution is -0.133. The molecule has 0 aliphatic carbocycles. The number of aromatic nitrogens is 1. The van der Waals surface area contributed by atoms with Crippen LogP contribution in [0.15, 0.2) is 48.7 Å². The zero-order valence-corrected chi connectivity index (χ0v) is 20.2. The predicted molar refractivity (Wildman–Crippen MR) is 131 cm³/mol. The van der Waals surface area contributed by atoms with Crippen molar-refractivity contribution < 1.29 is 33.3 Å². The largest absolute Gasteiger partial charge is 0.447 e. The van der Waals surface area contributed by atoms with Crippen molar-refractivity contribution in [3.8, 4) is 0 Å². The molecule has 192 valence electrons. The number of nitrogens with zero attached hydrogens (tertiary/aromatic N) is 2. The number of anilines is 1. The fourth-order valence-electron chi connectivity index (χ4n) is 3.58. The molecule has 8 nitrogen and oxygen atoms in total. The van der Waals surface area contributed by atoms with Crippen molar-refractivity contribution >= 4 is 40.2 Å². The summed E-state index contributed by atoms with van der Waals surface area (Å²) in [5.74, 6) is -1.22. The third-order valence-corrected chi connectivity index (χ3v) is 6.08. The molecule has 3 N–H and O–H groups in total. The normalized spacial score (nSPS) is 12.7. The Morgan fingerprint density at radius 1 is 1.19 bits per heavy atom. The van der Waals surface area contributed by atoms with Gasteiger partial charge in [0.2, 0.25) is 5.91 Å². The average molecular weight is 522 g/mol. The van der Waals surface area contributed by atoms with Gasteiger partial charge in [0.05, 0.1) is 23.8 Å². The summed E-state index contributed by atoms with van der Waals surface area (Å²) in [6, 6.07) is 9.24. The second-order valence-corrected chi connectivity index (χ2v) is 8.61. The zero-order valence-electron chi connectivity index (χ0n) is 19.5. The topological polar surface area (TPSA) is 112 Å². The van der Waals surface area contributed by atoms with Crippen LogP contribution in [0.25, 0.3) is 10.8 Å². The molecule has 2 aromatic carbocycles. The number of aliphatic hydroxyl groups is 2. The zero-order chi connectivity index (χ0) is 26.2. The number of carbonyl (C=O) groups is 2. The van der Waals surface area contributed by atoms with Gasteiger partial charge in [-0.15, -0.1) is 0 Å². The summed E-state index contributed by atoms with van der Waals surface area (Å²) >= 11 is 5.95. The van der Waals surface area contributed by atoms with E-state index in [0.717, 1.165) is 0 Å². The number of hydrogen-bond acceptors (Lipinski definition) is 6. The summed E-state index contributed by atoms with van der Waals surface area (Å²) in [5, 5.41) is 22.8. The van der Waals surface area contributed by atoms with Crippen LogP contribution in [0.3, 0.4) is 0 Å². The quantitative estimate of drug-likeness (QED) is 0.373. The molecule has 0 unspecified atom stereocenters. The molecule has 2 atom stereocenters. The van der Waals surface area contributed by atoms with Crippen LogP contribution in [0.5, 0.6) is 0 Å². The SMILES string of the molecule is CN(C(=O)CCc1cccc(F)c1Cl)[C@@H](COC(=O)Nc1cc2cc(F)ccc2cn1)C[C@H](O)CO. The summed E-state index contributed by atoms with van der Waals surface area (Å²) in [7, 11) is 1.48. The molecule has 1 heterocycles. The van der Waals surface area contributed by atoms with Gasteiger partial charge in [-0.25, -0.2) is 18.6 Å². The van der Waals surface area contributed by atoms with Crippen LogP contribution in [-0.2, 0) is 16.0 Å². The van der Waals surface area contributed by atoms with Gasteiger partial charge in [-0.1, -0.05) is 23.7 Å². The lowest BCUT2D eigenvalue weighted by Gasteiger charge is -2.29. The van der Waals surface area contributed by atoms with Gasteiger partial charge in [-0.2, -0.15) is 0 Å². The molecule has 3 rings (SSSR count). The van der Waals surface area contributed by atoms with Crippen molar-refractivity contribution in [3.63, 3.8) is 0 Å². The summed E-state index contributed by atoms with van der Waals surface area (Å²) in [5.41, 5.74) is 0.476. The predicted octanol–water partition coefficient (Wildman–Crippen LogP) is 3.92. The fraction of sp³-hybridized carbons (Fsp3) is 0.320. The van der Waals surface area contributed by atoms with Gasteiger partial charge in [0.25, 0.3) is 0 Å². The Hall–Kier alpha value is -3.34. The Labute approximate surface area is 211 Å². The minimum Gasteiger partial charge on any atom is -0.447 e. The molecular formula is C25H26ClF2N3O5. The molecular weight excluding hydrogens is 496 g/mol. The monoisotopic (exact) mass is 521 g/mol. The van der Waals surface area contributed by atoms with Gasteiger partial charge in [0.1, 0.15) is 24.1 Å². The molecule has 0 aliphatic rings. The smallest absolute Gasteiger partial charge is 0.412 e. The highest BCUT2D eigenvalue weighted by atomic mass is 35.5. The first-order valence-electron chi connectivity index (χ1n) is 11.1. The first kappa shape index (κ1) is 27.3. The van der Waals surface area contributed by atoms with Crippen LogP contribution in [-0.4, -0.2) is 64.5 Å². The van der Waals surface area contributed by atoms with Crippen molar-refractivity contribution in [3.05, 3.63) is 70.9 Å². The number of rotatable bonds is 10. The molecule has 0 bridgehead atoms. The van der Waals surface area contributed by atoms with Gasteiger partial charge < -0.3 is 19.8 Å². The lowest BCUT2D eigenvalue weighted by Crippen LogP contribution is -2.43. The second-order valence-electron chi connectivity index (χ2n) is 8.23. The van der Waals surface area contributed by atoms with Gasteiger partial charge in [0.15, 0.2) is 0 Å². The van der Waals surface area contributed by atoms with E-state index in [0.29, 0.717) is 16.3 Å². The van der Waals surface area contributed by atoms with Gasteiger partial charge >= 0.3 is 6.09 Å². The number of pyridine rings is 1. The summed E-state index contributed by atoms with van der Waals surface area (Å²) in [6.07, 6.45) is -0.414. The van der Waals surface area contributed by atoms with Crippen LogP contribution in [0.1, 0.15) is 18.4 Å². The van der Waals surface area contributed by atoms with E-state index in [2.05, 4.69) is 10.3 Å². The Balaban J connectivity index is 1.60. The maximum Gasteiger partial charge on any atom is 0.412 e. The van der Waals surface area contributed by atoms with Crippen molar-refractivity contribution in [2.75, 3.05) is 25.6 Å². The molecule has 36 heavy (non-hydrogen) atoms. The molecule has 3 aromatic rings. The number of nitrogens with one attached hydrogen (secondary N) is 1. The Morgan fingerprint density at radius 2 is 1.97 bits per heavy atom. The molecule has 1 aromatic heterocycles. The maximum atomic E-state index is 13.6. The number of aliphatic hydroxyl groups excluding tert-OH is 2. The Kier molecular flexibility index (Phi) is 9.51. The van der Waals surface area contributed by atoms with Crippen LogP contribution < -0.4 is 5.32 Å². The van der Waals surface area contributed by atoms with E-state index in [-0.39, 0.29) is 42.6 Å². The molecule has 0 saturated heterocycles. The van der Waals surface area contributed by atoms with Crippen LogP contribution in [0.4, 0.5) is 19.4 Å². The molecule has 0 spiro atoms. The van der Waals surface area contributed by atoms with Crippen LogP contribution in [0, 0.1) is 11.6 Å². The van der Waals surface area contributed by atoms with E-state index in [9.17, 15) is 28.6 Å². The number of hydrogen-bond donors (Lipinski definition) is 3. The maximum absolute atomic E-state index is 13.6. The number of fused-ring (bicyclic) bond motifs is 1. The van der Waals surface area contributed by atoms with Crippen LogP contribution in [0.2, 0.25) is 5.02 Å². The number of amides is 2. The van der Waals surface area contributed by atoms with Gasteiger partial charge in [-0.3, -0.25) is 10.1 Å². The number of carbonyl (C=O) groups excluding carboxylic acids is 2. The number of ether oxygens (including phenoxy) is 1. The number of likely N-dealkylation sites (N-methyl/N-ethyl adjacent to an activating group) is 1. The van der Waals surface area contributed by atoms with E-state index in [1.54, 1.807) is 12.1 Å². The first-order valence-corrected chi connectivity index (χ1v) is 11.5. The van der Waals surface area contributed by atoms with E-state index in [4.69, 9.17) is 16.3 Å². The van der Waals surface area contributed by atoms with Crippen molar-refractivity contribution in [2.45, 2.75) is 31.4 Å². The third-order valence-electron chi connectivity index (χ3n) is 5.66. The fourth-order valence-corrected chi connectivity index (χ4v) is 3.80. The Bertz CT molecular complexity index is 1230. The second kappa shape index (κ2) is 12.6. The molecule has 2 amide bonds. The highest BCUT2D eigenvalue weighted by molar-refractivity contribution is 6.31. The average Bonchev–Trinajstić information content (AvgIpc) is 2.86. The van der Waals surface area contributed by atoms with Gasteiger partial charge in [0, 0.05) is 25.1 Å². The molecule has 11 heteroatoms. The van der Waals surface area contributed by atoms with Crippen molar-refractivity contribution in [1.29, 1.82) is 0 Å². The van der Waals surface area contributed by atoms with E-state index in [1.165, 1.54) is 48.5 Å². The third kappa shape index (κ3) is 7.33. The first-order chi connectivity index (χ1) is 17.2. The summed E-state index contributed by atoms with van der Waals surface area (Å²) < 4.78 is 32.4.